The van der Waals surface area contributed by atoms with Gasteiger partial charge in [-0.3, -0.25) is 4.57 Å². The van der Waals surface area contributed by atoms with Crippen molar-refractivity contribution in [1.29, 1.82) is 0 Å². The molecule has 0 aliphatic carbocycles. The van der Waals surface area contributed by atoms with Gasteiger partial charge in [-0.25, -0.2) is 0 Å². The van der Waals surface area contributed by atoms with E-state index in [0.29, 0.717) is 10.0 Å². The van der Waals surface area contributed by atoms with Gasteiger partial charge in [-0.05, 0) is 18.2 Å². The van der Waals surface area contributed by atoms with Crippen molar-refractivity contribution in [3.05, 3.63) is 64.9 Å². The third-order valence-corrected chi connectivity index (χ3v) is 3.29. The third-order valence-electron chi connectivity index (χ3n) is 2.75. The van der Waals surface area contributed by atoms with Gasteiger partial charge in [0.2, 0.25) is 0 Å². The molecule has 94 valence electrons. The van der Waals surface area contributed by atoms with Crippen LogP contribution >= 0.6 is 23.2 Å². The predicted molar refractivity (Wildman–Crippen MR) is 76.8 cm³/mol. The van der Waals surface area contributed by atoms with Crippen LogP contribution in [0, 0.1) is 0 Å². The number of benzene rings is 2. The molecule has 0 radical (unpaired) electrons. The van der Waals surface area contributed by atoms with Crippen LogP contribution in [-0.2, 0) is 0 Å². The summed E-state index contributed by atoms with van der Waals surface area (Å²) in [5.41, 5.74) is 1.78. The van der Waals surface area contributed by atoms with Crippen LogP contribution < -0.4 is 0 Å². The number of hydrogen-bond donors (Lipinski definition) is 0. The Balaban J connectivity index is 2.15. The molecule has 5 heteroatoms. The van der Waals surface area contributed by atoms with Gasteiger partial charge < -0.3 is 0 Å². The Bertz CT molecular complexity index is 708. The lowest BCUT2D eigenvalue weighted by molar-refractivity contribution is 1.06. The van der Waals surface area contributed by atoms with Gasteiger partial charge in [0.05, 0.1) is 10.7 Å². The van der Waals surface area contributed by atoms with Crippen LogP contribution in [0.25, 0.3) is 17.1 Å². The SMILES string of the molecule is Clc1ccc(-n2cnnc2-c2ccccc2)c(Cl)c1. The Morgan fingerprint density at radius 1 is 0.947 bits per heavy atom. The predicted octanol–water partition coefficient (Wildman–Crippen LogP) is 4.24. The molecule has 0 atom stereocenters. The Labute approximate surface area is 120 Å². The van der Waals surface area contributed by atoms with Crippen LogP contribution in [0.4, 0.5) is 0 Å². The molecule has 0 aliphatic rings. The second-order valence-corrected chi connectivity index (χ2v) is 4.83. The molecule has 0 aliphatic heterocycles. The highest BCUT2D eigenvalue weighted by atomic mass is 35.5. The summed E-state index contributed by atoms with van der Waals surface area (Å²) in [7, 11) is 0. The molecule has 3 nitrogen and oxygen atoms in total. The number of halogens is 2. The summed E-state index contributed by atoms with van der Waals surface area (Å²) >= 11 is 12.1. The minimum absolute atomic E-state index is 0.560. The molecule has 3 rings (SSSR count). The van der Waals surface area contributed by atoms with E-state index in [1.807, 2.05) is 41.0 Å². The summed E-state index contributed by atoms with van der Waals surface area (Å²) in [4.78, 5) is 0. The number of nitrogens with zero attached hydrogens (tertiary/aromatic N) is 3. The van der Waals surface area contributed by atoms with Crippen molar-refractivity contribution >= 4 is 23.2 Å². The molecule has 0 N–H and O–H groups in total. The van der Waals surface area contributed by atoms with Crippen molar-refractivity contribution in [2.24, 2.45) is 0 Å². The van der Waals surface area contributed by atoms with Gasteiger partial charge in [0, 0.05) is 10.6 Å². The first-order chi connectivity index (χ1) is 9.25. The fraction of sp³-hybridized carbons (Fsp3) is 0. The van der Waals surface area contributed by atoms with Crippen molar-refractivity contribution in [2.45, 2.75) is 0 Å². The van der Waals surface area contributed by atoms with Crippen molar-refractivity contribution < 1.29 is 0 Å². The monoisotopic (exact) mass is 289 g/mol. The standard InChI is InChI=1S/C14H9Cl2N3/c15-11-6-7-13(12(16)8-11)19-9-17-18-14(19)10-4-2-1-3-5-10/h1-9H. The van der Waals surface area contributed by atoms with E-state index >= 15 is 0 Å². The summed E-state index contributed by atoms with van der Waals surface area (Å²) in [6.07, 6.45) is 1.64. The highest BCUT2D eigenvalue weighted by Gasteiger charge is 2.11. The molecule has 1 aromatic heterocycles. The average molecular weight is 290 g/mol. The van der Waals surface area contributed by atoms with Crippen molar-refractivity contribution in [3.63, 3.8) is 0 Å². The second-order valence-electron chi connectivity index (χ2n) is 3.99. The molecule has 0 unspecified atom stereocenters. The largest absolute Gasteiger partial charge is 0.280 e. The highest BCUT2D eigenvalue weighted by molar-refractivity contribution is 6.35. The van der Waals surface area contributed by atoms with Gasteiger partial charge in [0.1, 0.15) is 6.33 Å². The first kappa shape index (κ1) is 12.2. The van der Waals surface area contributed by atoms with Gasteiger partial charge in [-0.1, -0.05) is 53.5 Å². The third kappa shape index (κ3) is 2.35. The fourth-order valence-corrected chi connectivity index (χ4v) is 2.37. The molecule has 3 aromatic rings. The van der Waals surface area contributed by atoms with Crippen molar-refractivity contribution in [3.8, 4) is 17.1 Å². The first-order valence-electron chi connectivity index (χ1n) is 5.66. The first-order valence-corrected chi connectivity index (χ1v) is 6.42. The van der Waals surface area contributed by atoms with E-state index in [2.05, 4.69) is 10.2 Å². The zero-order valence-electron chi connectivity index (χ0n) is 9.79. The minimum Gasteiger partial charge on any atom is -0.280 e. The lowest BCUT2D eigenvalue weighted by atomic mass is 10.2. The van der Waals surface area contributed by atoms with Crippen LogP contribution in [0.5, 0.6) is 0 Å². The quantitative estimate of drug-likeness (QED) is 0.706. The Kier molecular flexibility index (Phi) is 3.23. The molecule has 0 saturated heterocycles. The fourth-order valence-electron chi connectivity index (χ4n) is 1.87. The van der Waals surface area contributed by atoms with E-state index in [9.17, 15) is 0 Å². The zero-order chi connectivity index (χ0) is 13.2. The summed E-state index contributed by atoms with van der Waals surface area (Å²) < 4.78 is 1.84. The number of aromatic nitrogens is 3. The highest BCUT2D eigenvalue weighted by Crippen LogP contribution is 2.27. The maximum absolute atomic E-state index is 6.22. The molecule has 2 aromatic carbocycles. The smallest absolute Gasteiger partial charge is 0.168 e. The van der Waals surface area contributed by atoms with Crippen LogP contribution in [0.3, 0.4) is 0 Å². The molecule has 0 amide bonds. The van der Waals surface area contributed by atoms with Gasteiger partial charge >= 0.3 is 0 Å². The summed E-state index contributed by atoms with van der Waals surface area (Å²) in [6, 6.07) is 15.2. The number of rotatable bonds is 2. The lowest BCUT2D eigenvalue weighted by Gasteiger charge is -2.08. The van der Waals surface area contributed by atoms with Crippen LogP contribution in [-0.4, -0.2) is 14.8 Å². The average Bonchev–Trinajstić information content (AvgIpc) is 2.89. The van der Waals surface area contributed by atoms with Crippen LogP contribution in [0.2, 0.25) is 10.0 Å². The normalized spacial score (nSPS) is 10.6. The van der Waals surface area contributed by atoms with Gasteiger partial charge in [0.25, 0.3) is 0 Å². The van der Waals surface area contributed by atoms with E-state index < -0.39 is 0 Å². The van der Waals surface area contributed by atoms with Gasteiger partial charge in [0.15, 0.2) is 5.82 Å². The maximum atomic E-state index is 6.22. The molecule has 0 fully saturated rings. The van der Waals surface area contributed by atoms with Crippen molar-refractivity contribution in [1.82, 2.24) is 14.8 Å². The molecule has 0 spiro atoms. The molecular formula is C14H9Cl2N3. The zero-order valence-corrected chi connectivity index (χ0v) is 11.3. The summed E-state index contributed by atoms with van der Waals surface area (Å²) in [5.74, 6) is 0.741. The van der Waals surface area contributed by atoms with Gasteiger partial charge in [-0.2, -0.15) is 0 Å². The van der Waals surface area contributed by atoms with E-state index in [-0.39, 0.29) is 0 Å². The summed E-state index contributed by atoms with van der Waals surface area (Å²) in [5, 5.41) is 9.27. The van der Waals surface area contributed by atoms with E-state index in [1.165, 1.54) is 0 Å². The molecule has 19 heavy (non-hydrogen) atoms. The van der Waals surface area contributed by atoms with Crippen LogP contribution in [0.15, 0.2) is 54.9 Å². The number of hydrogen-bond acceptors (Lipinski definition) is 2. The second kappa shape index (κ2) is 5.03. The lowest BCUT2D eigenvalue weighted by Crippen LogP contribution is -1.97. The van der Waals surface area contributed by atoms with E-state index in [0.717, 1.165) is 17.1 Å². The molecular weight excluding hydrogens is 281 g/mol. The minimum atomic E-state index is 0.560. The Morgan fingerprint density at radius 3 is 2.47 bits per heavy atom. The van der Waals surface area contributed by atoms with Crippen LogP contribution in [0.1, 0.15) is 0 Å². The Hall–Kier alpha value is -1.84. The van der Waals surface area contributed by atoms with E-state index in [4.69, 9.17) is 23.2 Å². The van der Waals surface area contributed by atoms with Gasteiger partial charge in [-0.15, -0.1) is 10.2 Å². The molecule has 0 bridgehead atoms. The Morgan fingerprint density at radius 2 is 1.74 bits per heavy atom. The molecule has 0 saturated carbocycles. The summed E-state index contributed by atoms with van der Waals surface area (Å²) in [6.45, 7) is 0. The topological polar surface area (TPSA) is 30.7 Å². The van der Waals surface area contributed by atoms with E-state index in [1.54, 1.807) is 18.5 Å². The molecule has 1 heterocycles. The van der Waals surface area contributed by atoms with Crippen molar-refractivity contribution in [2.75, 3.05) is 0 Å². The maximum Gasteiger partial charge on any atom is 0.168 e.